The third kappa shape index (κ3) is 5.24. The number of aromatic nitrogens is 3. The smallest absolute Gasteiger partial charge is 0.230 e. The Kier molecular flexibility index (Phi) is 6.55. The number of thioether (sulfide) groups is 1. The molecule has 1 aromatic heterocycles. The van der Waals surface area contributed by atoms with E-state index in [-0.39, 0.29) is 5.91 Å². The Morgan fingerprint density at radius 2 is 2.15 bits per heavy atom. The van der Waals surface area contributed by atoms with Gasteiger partial charge in [-0.05, 0) is 37.3 Å². The fraction of sp³-hybridized carbons (Fsp3) is 0.526. The Morgan fingerprint density at radius 3 is 2.96 bits per heavy atom. The number of aromatic amines is 1. The monoisotopic (exact) mass is 374 g/mol. The van der Waals surface area contributed by atoms with Crippen LogP contribution in [0.3, 0.4) is 0 Å². The minimum atomic E-state index is 0.0521. The minimum Gasteiger partial charge on any atom is -0.485 e. The topological polar surface area (TPSA) is 79.9 Å². The third-order valence-electron chi connectivity index (χ3n) is 4.76. The van der Waals surface area contributed by atoms with Gasteiger partial charge in [-0.2, -0.15) is 0 Å². The van der Waals surface area contributed by atoms with Crippen LogP contribution in [-0.4, -0.2) is 32.9 Å². The number of hydrogen-bond acceptors (Lipinski definition) is 5. The molecule has 1 amide bonds. The summed E-state index contributed by atoms with van der Waals surface area (Å²) < 4.78 is 5.75. The maximum absolute atomic E-state index is 12.2. The molecule has 6 nitrogen and oxygen atoms in total. The van der Waals surface area contributed by atoms with Gasteiger partial charge in [-0.25, -0.2) is 4.98 Å². The average Bonchev–Trinajstić information content (AvgIpc) is 3.09. The fourth-order valence-corrected chi connectivity index (χ4v) is 3.81. The van der Waals surface area contributed by atoms with Crippen LogP contribution in [0.1, 0.15) is 44.0 Å². The van der Waals surface area contributed by atoms with E-state index in [1.807, 2.05) is 31.2 Å². The van der Waals surface area contributed by atoms with Gasteiger partial charge in [0.25, 0.3) is 0 Å². The number of nitrogens with one attached hydrogen (secondary N) is 2. The van der Waals surface area contributed by atoms with Crippen molar-refractivity contribution in [3.8, 4) is 5.75 Å². The van der Waals surface area contributed by atoms with Gasteiger partial charge in [-0.3, -0.25) is 9.89 Å². The van der Waals surface area contributed by atoms with E-state index in [1.165, 1.54) is 31.0 Å². The molecule has 1 aromatic carbocycles. The van der Waals surface area contributed by atoms with Crippen molar-refractivity contribution in [1.29, 1.82) is 0 Å². The molecule has 7 heteroatoms. The molecule has 0 aliphatic heterocycles. The van der Waals surface area contributed by atoms with Gasteiger partial charge in [-0.15, -0.1) is 5.10 Å². The molecule has 2 aromatic rings. The summed E-state index contributed by atoms with van der Waals surface area (Å²) in [6, 6.07) is 8.16. The zero-order valence-corrected chi connectivity index (χ0v) is 16.1. The number of benzene rings is 1. The lowest BCUT2D eigenvalue weighted by atomic mass is 9.86. The molecule has 0 unspecified atom stereocenters. The van der Waals surface area contributed by atoms with Crippen molar-refractivity contribution in [3.63, 3.8) is 0 Å². The summed E-state index contributed by atoms with van der Waals surface area (Å²) in [5.74, 6) is 2.43. The first kappa shape index (κ1) is 18.8. The molecule has 2 atom stereocenters. The minimum absolute atomic E-state index is 0.0521. The predicted octanol–water partition coefficient (Wildman–Crippen LogP) is 3.48. The molecular weight excluding hydrogens is 348 g/mol. The SMILES string of the molecule is Cc1ccccc1OCc1nc(SCC(=O)N[C@H]2CCCC[C@@H]2C)n[nH]1. The zero-order valence-electron chi connectivity index (χ0n) is 15.3. The van der Waals surface area contributed by atoms with Gasteiger partial charge in [0.15, 0.2) is 5.82 Å². The molecule has 0 radical (unpaired) electrons. The number of nitrogens with zero attached hydrogens (tertiary/aromatic N) is 2. The Bertz CT molecular complexity index is 734. The van der Waals surface area contributed by atoms with Crippen LogP contribution < -0.4 is 10.1 Å². The highest BCUT2D eigenvalue weighted by atomic mass is 32.2. The number of ether oxygens (including phenoxy) is 1. The number of amides is 1. The van der Waals surface area contributed by atoms with Gasteiger partial charge in [0.1, 0.15) is 12.4 Å². The fourth-order valence-electron chi connectivity index (χ4n) is 3.18. The van der Waals surface area contributed by atoms with Gasteiger partial charge < -0.3 is 10.1 Å². The summed E-state index contributed by atoms with van der Waals surface area (Å²) in [7, 11) is 0. The van der Waals surface area contributed by atoms with E-state index in [4.69, 9.17) is 4.74 Å². The van der Waals surface area contributed by atoms with E-state index in [2.05, 4.69) is 27.4 Å². The van der Waals surface area contributed by atoms with E-state index in [0.29, 0.717) is 35.3 Å². The maximum Gasteiger partial charge on any atom is 0.230 e. The van der Waals surface area contributed by atoms with Gasteiger partial charge in [0.05, 0.1) is 5.75 Å². The van der Waals surface area contributed by atoms with E-state index >= 15 is 0 Å². The summed E-state index contributed by atoms with van der Waals surface area (Å²) in [5.41, 5.74) is 1.08. The van der Waals surface area contributed by atoms with E-state index < -0.39 is 0 Å². The largest absolute Gasteiger partial charge is 0.485 e. The van der Waals surface area contributed by atoms with Gasteiger partial charge in [-0.1, -0.05) is 49.7 Å². The predicted molar refractivity (Wildman–Crippen MR) is 102 cm³/mol. The first-order valence-corrected chi connectivity index (χ1v) is 10.1. The molecule has 0 bridgehead atoms. The van der Waals surface area contributed by atoms with Crippen LogP contribution >= 0.6 is 11.8 Å². The highest BCUT2D eigenvalue weighted by molar-refractivity contribution is 7.99. The molecule has 1 fully saturated rings. The van der Waals surface area contributed by atoms with Crippen LogP contribution in [-0.2, 0) is 11.4 Å². The van der Waals surface area contributed by atoms with Crippen LogP contribution in [0, 0.1) is 12.8 Å². The second kappa shape index (κ2) is 9.07. The Labute approximate surface area is 158 Å². The summed E-state index contributed by atoms with van der Waals surface area (Å²) >= 11 is 1.34. The average molecular weight is 375 g/mol. The molecule has 0 spiro atoms. The summed E-state index contributed by atoms with van der Waals surface area (Å²) in [6.45, 7) is 4.54. The van der Waals surface area contributed by atoms with Crippen molar-refractivity contribution < 1.29 is 9.53 Å². The Morgan fingerprint density at radius 1 is 1.35 bits per heavy atom. The quantitative estimate of drug-likeness (QED) is 0.725. The molecule has 0 saturated heterocycles. The molecule has 1 aliphatic rings. The Balaban J connectivity index is 1.43. The third-order valence-corrected chi connectivity index (χ3v) is 5.61. The number of para-hydroxylation sites is 1. The number of carbonyl (C=O) groups excluding carboxylic acids is 1. The number of H-pyrrole nitrogens is 1. The number of aryl methyl sites for hydroxylation is 1. The van der Waals surface area contributed by atoms with Crippen molar-refractivity contribution in [1.82, 2.24) is 20.5 Å². The lowest BCUT2D eigenvalue weighted by molar-refractivity contribution is -0.119. The van der Waals surface area contributed by atoms with Gasteiger partial charge in [0.2, 0.25) is 11.1 Å². The molecule has 2 N–H and O–H groups in total. The lowest BCUT2D eigenvalue weighted by Crippen LogP contribution is -2.41. The second-order valence-electron chi connectivity index (χ2n) is 6.84. The standard InChI is InChI=1S/C19H26N4O2S/c1-13-7-3-5-9-15(13)20-18(24)12-26-19-21-17(22-23-19)11-25-16-10-6-4-8-14(16)2/h4,6,8,10,13,15H,3,5,7,9,11-12H2,1-2H3,(H,20,24)(H,21,22,23)/t13-,15-/m0/s1. The molecule has 140 valence electrons. The molecule has 26 heavy (non-hydrogen) atoms. The van der Waals surface area contributed by atoms with Crippen molar-refractivity contribution in [2.24, 2.45) is 5.92 Å². The van der Waals surface area contributed by atoms with Gasteiger partial charge in [0, 0.05) is 6.04 Å². The zero-order chi connectivity index (χ0) is 18.4. The normalized spacial score (nSPS) is 19.9. The first-order valence-electron chi connectivity index (χ1n) is 9.13. The highest BCUT2D eigenvalue weighted by Crippen LogP contribution is 2.24. The van der Waals surface area contributed by atoms with Crippen molar-refractivity contribution in [2.45, 2.75) is 57.3 Å². The number of carbonyl (C=O) groups is 1. The van der Waals surface area contributed by atoms with Crippen LogP contribution in [0.5, 0.6) is 5.75 Å². The number of rotatable bonds is 7. The molecule has 1 heterocycles. The summed E-state index contributed by atoms with van der Waals surface area (Å²) in [5, 5.41) is 10.7. The molecular formula is C19H26N4O2S. The van der Waals surface area contributed by atoms with E-state index in [9.17, 15) is 4.79 Å². The van der Waals surface area contributed by atoms with Gasteiger partial charge >= 0.3 is 0 Å². The summed E-state index contributed by atoms with van der Waals surface area (Å²) in [4.78, 5) is 16.5. The lowest BCUT2D eigenvalue weighted by Gasteiger charge is -2.29. The van der Waals surface area contributed by atoms with Crippen LogP contribution in [0.2, 0.25) is 0 Å². The number of hydrogen-bond donors (Lipinski definition) is 2. The highest BCUT2D eigenvalue weighted by Gasteiger charge is 2.22. The van der Waals surface area contributed by atoms with Crippen molar-refractivity contribution in [3.05, 3.63) is 35.7 Å². The molecule has 3 rings (SSSR count). The van der Waals surface area contributed by atoms with Crippen molar-refractivity contribution >= 4 is 17.7 Å². The Hall–Kier alpha value is -2.02. The molecule has 1 saturated carbocycles. The van der Waals surface area contributed by atoms with Crippen LogP contribution in [0.25, 0.3) is 0 Å². The summed E-state index contributed by atoms with van der Waals surface area (Å²) in [6.07, 6.45) is 4.75. The van der Waals surface area contributed by atoms with E-state index in [1.54, 1.807) is 0 Å². The van der Waals surface area contributed by atoms with Crippen LogP contribution in [0.15, 0.2) is 29.4 Å². The van der Waals surface area contributed by atoms with Crippen LogP contribution in [0.4, 0.5) is 0 Å². The van der Waals surface area contributed by atoms with Crippen molar-refractivity contribution in [2.75, 3.05) is 5.75 Å². The van der Waals surface area contributed by atoms with E-state index in [0.717, 1.165) is 17.7 Å². The molecule has 1 aliphatic carbocycles. The first-order chi connectivity index (χ1) is 12.6. The second-order valence-corrected chi connectivity index (χ2v) is 7.79. The maximum atomic E-state index is 12.2.